The lowest BCUT2D eigenvalue weighted by atomic mass is 10.2. The third-order valence-electron chi connectivity index (χ3n) is 2.62. The molecule has 0 saturated carbocycles. The molecule has 5 heteroatoms. The van der Waals surface area contributed by atoms with E-state index in [0.717, 1.165) is 12.8 Å². The summed E-state index contributed by atoms with van der Waals surface area (Å²) < 4.78 is 0. The number of amides is 2. The first-order chi connectivity index (χ1) is 7.19. The molecule has 0 unspecified atom stereocenters. The highest BCUT2D eigenvalue weighted by molar-refractivity contribution is 5.92. The minimum atomic E-state index is 0.0462. The predicted octanol–water partition coefficient (Wildman–Crippen LogP) is -0.584. The highest BCUT2D eigenvalue weighted by Crippen LogP contribution is 2.05. The first-order valence-corrected chi connectivity index (χ1v) is 5.44. The van der Waals surface area contributed by atoms with Gasteiger partial charge in [-0.2, -0.15) is 0 Å². The fourth-order valence-corrected chi connectivity index (χ4v) is 1.64. The molecule has 1 fully saturated rings. The molecule has 86 valence electrons. The van der Waals surface area contributed by atoms with Gasteiger partial charge in [-0.1, -0.05) is 0 Å². The maximum Gasteiger partial charge on any atom is 0.242 e. The molecule has 15 heavy (non-hydrogen) atoms. The van der Waals surface area contributed by atoms with Crippen molar-refractivity contribution in [2.75, 3.05) is 32.7 Å². The van der Waals surface area contributed by atoms with E-state index in [-0.39, 0.29) is 24.9 Å². The van der Waals surface area contributed by atoms with Gasteiger partial charge in [-0.25, -0.2) is 0 Å². The maximum atomic E-state index is 11.6. The van der Waals surface area contributed by atoms with E-state index in [1.54, 1.807) is 9.80 Å². The summed E-state index contributed by atoms with van der Waals surface area (Å²) in [4.78, 5) is 26.3. The van der Waals surface area contributed by atoms with Crippen molar-refractivity contribution in [2.45, 2.75) is 19.8 Å². The lowest BCUT2D eigenvalue weighted by molar-refractivity contribution is -0.149. The number of hydrogen-bond acceptors (Lipinski definition) is 3. The van der Waals surface area contributed by atoms with Crippen molar-refractivity contribution in [3.8, 4) is 0 Å². The smallest absolute Gasteiger partial charge is 0.242 e. The van der Waals surface area contributed by atoms with Crippen LogP contribution in [0.3, 0.4) is 0 Å². The topological polar surface area (TPSA) is 66.6 Å². The number of piperazine rings is 1. The Labute approximate surface area is 90.2 Å². The molecular weight excluding hydrogens is 194 g/mol. The molecule has 1 rings (SSSR count). The standard InChI is InChI=1S/C10H19N3O2/c1-2-12-7-10(15)13(8-9(12)14)6-4-3-5-11/h2-8,11H2,1H3. The van der Waals surface area contributed by atoms with Crippen LogP contribution in [0.1, 0.15) is 19.8 Å². The fourth-order valence-electron chi connectivity index (χ4n) is 1.64. The zero-order chi connectivity index (χ0) is 11.3. The Morgan fingerprint density at radius 2 is 1.73 bits per heavy atom. The molecule has 0 aromatic carbocycles. The molecule has 0 aromatic heterocycles. The monoisotopic (exact) mass is 213 g/mol. The van der Waals surface area contributed by atoms with E-state index in [9.17, 15) is 9.59 Å². The summed E-state index contributed by atoms with van der Waals surface area (Å²) in [7, 11) is 0. The predicted molar refractivity (Wildman–Crippen MR) is 57.1 cm³/mol. The minimum absolute atomic E-state index is 0.0462. The Balaban J connectivity index is 2.41. The van der Waals surface area contributed by atoms with Crippen LogP contribution < -0.4 is 5.73 Å². The molecule has 1 saturated heterocycles. The third kappa shape index (κ3) is 3.20. The SMILES string of the molecule is CCN1CC(=O)N(CCCCN)CC1=O. The Kier molecular flexibility index (Phi) is 4.55. The van der Waals surface area contributed by atoms with Crippen molar-refractivity contribution in [2.24, 2.45) is 5.73 Å². The highest BCUT2D eigenvalue weighted by atomic mass is 16.2. The fraction of sp³-hybridized carbons (Fsp3) is 0.800. The summed E-state index contributed by atoms with van der Waals surface area (Å²) in [6.07, 6.45) is 1.77. The number of carbonyl (C=O) groups excluding carboxylic acids is 2. The van der Waals surface area contributed by atoms with E-state index in [1.165, 1.54) is 0 Å². The van der Waals surface area contributed by atoms with Gasteiger partial charge < -0.3 is 15.5 Å². The minimum Gasteiger partial charge on any atom is -0.332 e. The Bertz CT molecular complexity index is 243. The number of unbranched alkanes of at least 4 members (excludes halogenated alkanes) is 1. The van der Waals surface area contributed by atoms with E-state index in [2.05, 4.69) is 0 Å². The molecule has 2 amide bonds. The number of rotatable bonds is 5. The number of hydrogen-bond donors (Lipinski definition) is 1. The lowest BCUT2D eigenvalue weighted by Crippen LogP contribution is -2.53. The second-order valence-corrected chi connectivity index (χ2v) is 3.72. The van der Waals surface area contributed by atoms with E-state index >= 15 is 0 Å². The van der Waals surface area contributed by atoms with Crippen molar-refractivity contribution in [1.29, 1.82) is 0 Å². The first-order valence-electron chi connectivity index (χ1n) is 5.44. The van der Waals surface area contributed by atoms with Gasteiger partial charge in [-0.3, -0.25) is 9.59 Å². The quantitative estimate of drug-likeness (QED) is 0.621. The van der Waals surface area contributed by atoms with Gasteiger partial charge in [0.2, 0.25) is 11.8 Å². The van der Waals surface area contributed by atoms with Crippen molar-refractivity contribution in [1.82, 2.24) is 9.80 Å². The molecule has 1 heterocycles. The van der Waals surface area contributed by atoms with Gasteiger partial charge in [0.25, 0.3) is 0 Å². The number of likely N-dealkylation sites (N-methyl/N-ethyl adjacent to an activating group) is 1. The largest absolute Gasteiger partial charge is 0.332 e. The summed E-state index contributed by atoms with van der Waals surface area (Å²) >= 11 is 0. The van der Waals surface area contributed by atoms with Crippen LogP contribution in [0.2, 0.25) is 0 Å². The van der Waals surface area contributed by atoms with E-state index in [1.807, 2.05) is 6.92 Å². The Morgan fingerprint density at radius 3 is 2.33 bits per heavy atom. The van der Waals surface area contributed by atoms with Gasteiger partial charge >= 0.3 is 0 Å². The summed E-state index contributed by atoms with van der Waals surface area (Å²) in [5.74, 6) is 0.0957. The maximum absolute atomic E-state index is 11.6. The van der Waals surface area contributed by atoms with Crippen LogP contribution >= 0.6 is 0 Å². The van der Waals surface area contributed by atoms with E-state index < -0.39 is 0 Å². The Hall–Kier alpha value is -1.10. The molecule has 2 N–H and O–H groups in total. The molecule has 0 aromatic rings. The van der Waals surface area contributed by atoms with E-state index in [4.69, 9.17) is 5.73 Å². The molecule has 0 radical (unpaired) electrons. The number of carbonyl (C=O) groups is 2. The van der Waals surface area contributed by atoms with Gasteiger partial charge in [-0.05, 0) is 26.3 Å². The van der Waals surface area contributed by atoms with Gasteiger partial charge in [0, 0.05) is 13.1 Å². The molecule has 0 spiro atoms. The molecular formula is C10H19N3O2. The second-order valence-electron chi connectivity index (χ2n) is 3.72. The van der Waals surface area contributed by atoms with Crippen LogP contribution in [0.25, 0.3) is 0 Å². The molecule has 1 aliphatic rings. The van der Waals surface area contributed by atoms with E-state index in [0.29, 0.717) is 19.6 Å². The van der Waals surface area contributed by atoms with Crippen LogP contribution in [0.15, 0.2) is 0 Å². The van der Waals surface area contributed by atoms with Gasteiger partial charge in [0.1, 0.15) is 0 Å². The number of nitrogens with two attached hydrogens (primary N) is 1. The molecule has 0 atom stereocenters. The summed E-state index contributed by atoms with van der Waals surface area (Å²) in [5.41, 5.74) is 5.37. The third-order valence-corrected chi connectivity index (χ3v) is 2.62. The molecule has 1 aliphatic heterocycles. The average molecular weight is 213 g/mol. The number of nitrogens with zero attached hydrogens (tertiary/aromatic N) is 2. The van der Waals surface area contributed by atoms with Gasteiger partial charge in [0.05, 0.1) is 13.1 Å². The molecule has 0 bridgehead atoms. The van der Waals surface area contributed by atoms with Crippen LogP contribution in [-0.2, 0) is 9.59 Å². The van der Waals surface area contributed by atoms with Crippen molar-refractivity contribution in [3.63, 3.8) is 0 Å². The molecule has 5 nitrogen and oxygen atoms in total. The average Bonchev–Trinajstić information content (AvgIpc) is 2.23. The van der Waals surface area contributed by atoms with Crippen molar-refractivity contribution in [3.05, 3.63) is 0 Å². The van der Waals surface area contributed by atoms with Crippen LogP contribution in [0.4, 0.5) is 0 Å². The van der Waals surface area contributed by atoms with Crippen LogP contribution in [-0.4, -0.2) is 54.3 Å². The van der Waals surface area contributed by atoms with Crippen LogP contribution in [0.5, 0.6) is 0 Å². The van der Waals surface area contributed by atoms with Crippen molar-refractivity contribution < 1.29 is 9.59 Å². The van der Waals surface area contributed by atoms with Gasteiger partial charge in [0.15, 0.2) is 0 Å². The summed E-state index contributed by atoms with van der Waals surface area (Å²) in [5, 5.41) is 0. The lowest BCUT2D eigenvalue weighted by Gasteiger charge is -2.33. The summed E-state index contributed by atoms with van der Waals surface area (Å²) in [6.45, 7) is 4.25. The first kappa shape index (κ1) is 12.0. The van der Waals surface area contributed by atoms with Gasteiger partial charge in [-0.15, -0.1) is 0 Å². The second kappa shape index (κ2) is 5.70. The zero-order valence-corrected chi connectivity index (χ0v) is 9.24. The zero-order valence-electron chi connectivity index (χ0n) is 9.24. The molecule has 0 aliphatic carbocycles. The summed E-state index contributed by atoms with van der Waals surface area (Å²) in [6, 6.07) is 0. The van der Waals surface area contributed by atoms with Crippen molar-refractivity contribution >= 4 is 11.8 Å². The Morgan fingerprint density at radius 1 is 1.13 bits per heavy atom. The van der Waals surface area contributed by atoms with Crippen LogP contribution in [0, 0.1) is 0 Å². The normalized spacial score (nSPS) is 17.5. The highest BCUT2D eigenvalue weighted by Gasteiger charge is 2.27.